The van der Waals surface area contributed by atoms with Gasteiger partial charge in [0.25, 0.3) is 0 Å². The molecule has 0 bridgehead atoms. The molecule has 62 valence electrons. The Hall–Kier alpha value is -1.22. The number of hydrogen-bond acceptors (Lipinski definition) is 2. The maximum atomic E-state index is 5.78. The Labute approximate surface area is 74.5 Å². The van der Waals surface area contributed by atoms with Gasteiger partial charge in [-0.2, -0.15) is 4.73 Å². The Morgan fingerprint density at radius 2 is 2.33 bits per heavy atom. The molecule has 2 rings (SSSR count). The number of hydrogen-bond donors (Lipinski definition) is 0. The molecule has 0 unspecified atom stereocenters. The lowest BCUT2D eigenvalue weighted by Gasteiger charge is -1.99. The fourth-order valence-corrected chi connectivity index (χ4v) is 1.28. The summed E-state index contributed by atoms with van der Waals surface area (Å²) in [5.41, 5.74) is 1.76. The van der Waals surface area contributed by atoms with Gasteiger partial charge in [-0.15, -0.1) is 0 Å². The van der Waals surface area contributed by atoms with Crippen molar-refractivity contribution in [2.45, 2.75) is 0 Å². The minimum atomic E-state index is 0.684. The van der Waals surface area contributed by atoms with Gasteiger partial charge in [-0.3, -0.25) is 0 Å². The van der Waals surface area contributed by atoms with E-state index < -0.39 is 0 Å². The molecule has 0 aliphatic heterocycles. The van der Waals surface area contributed by atoms with Crippen molar-refractivity contribution in [1.82, 2.24) is 9.71 Å². The van der Waals surface area contributed by atoms with Crippen molar-refractivity contribution in [3.05, 3.63) is 29.5 Å². The van der Waals surface area contributed by atoms with Crippen LogP contribution in [-0.2, 0) is 0 Å². The zero-order valence-electron chi connectivity index (χ0n) is 6.49. The van der Waals surface area contributed by atoms with E-state index in [1.54, 1.807) is 30.3 Å². The summed E-state index contributed by atoms with van der Waals surface area (Å²) < 4.78 is 1.59. The quantitative estimate of drug-likeness (QED) is 0.672. The van der Waals surface area contributed by atoms with Gasteiger partial charge in [0.2, 0.25) is 0 Å². The molecule has 1 aromatic heterocycles. The minimum Gasteiger partial charge on any atom is -0.416 e. The summed E-state index contributed by atoms with van der Waals surface area (Å²) in [5.74, 6) is 0. The topological polar surface area (TPSA) is 27.1 Å². The SMILES string of the molecule is COn1cnc2cc(Cl)ccc21. The van der Waals surface area contributed by atoms with Crippen LogP contribution in [0, 0.1) is 0 Å². The van der Waals surface area contributed by atoms with Gasteiger partial charge in [-0.1, -0.05) is 11.6 Å². The molecular weight excluding hydrogens is 176 g/mol. The normalized spacial score (nSPS) is 10.5. The average Bonchev–Trinajstić information content (AvgIpc) is 2.46. The number of nitrogens with zero attached hydrogens (tertiary/aromatic N) is 2. The summed E-state index contributed by atoms with van der Waals surface area (Å²) in [6, 6.07) is 5.47. The second-order valence-corrected chi connectivity index (χ2v) is 2.82. The van der Waals surface area contributed by atoms with Gasteiger partial charge in [0, 0.05) is 5.02 Å². The fraction of sp³-hybridized carbons (Fsp3) is 0.125. The van der Waals surface area contributed by atoms with Gasteiger partial charge < -0.3 is 4.84 Å². The first-order valence-electron chi connectivity index (χ1n) is 3.48. The van der Waals surface area contributed by atoms with E-state index in [2.05, 4.69) is 4.98 Å². The van der Waals surface area contributed by atoms with Gasteiger partial charge in [0.1, 0.15) is 19.0 Å². The molecule has 4 heteroatoms. The molecule has 0 N–H and O–H groups in total. The summed E-state index contributed by atoms with van der Waals surface area (Å²) in [4.78, 5) is 9.12. The molecule has 0 atom stereocenters. The van der Waals surface area contributed by atoms with Crippen LogP contribution in [0.15, 0.2) is 24.5 Å². The first-order chi connectivity index (χ1) is 5.81. The molecule has 0 fully saturated rings. The third-order valence-electron chi connectivity index (χ3n) is 1.67. The number of rotatable bonds is 1. The molecule has 0 saturated heterocycles. The van der Waals surface area contributed by atoms with Crippen LogP contribution in [0.4, 0.5) is 0 Å². The third kappa shape index (κ3) is 1.02. The lowest BCUT2D eigenvalue weighted by atomic mass is 10.3. The molecule has 12 heavy (non-hydrogen) atoms. The molecule has 1 heterocycles. The second-order valence-electron chi connectivity index (χ2n) is 2.39. The van der Waals surface area contributed by atoms with E-state index in [0.29, 0.717) is 5.02 Å². The fourth-order valence-electron chi connectivity index (χ4n) is 1.11. The maximum absolute atomic E-state index is 5.78. The Bertz CT molecular complexity index is 410. The molecule has 2 aromatic rings. The second kappa shape index (κ2) is 2.68. The van der Waals surface area contributed by atoms with E-state index in [-0.39, 0.29) is 0 Å². The number of halogens is 1. The largest absolute Gasteiger partial charge is 0.416 e. The van der Waals surface area contributed by atoms with E-state index >= 15 is 0 Å². The van der Waals surface area contributed by atoms with E-state index in [1.165, 1.54) is 0 Å². The number of fused-ring (bicyclic) bond motifs is 1. The molecular formula is C8H7ClN2O. The standard InChI is InChI=1S/C8H7ClN2O/c1-12-11-5-10-7-4-6(9)2-3-8(7)11/h2-5H,1H3. The first kappa shape index (κ1) is 7.43. The Kier molecular flexibility index (Phi) is 1.66. The van der Waals surface area contributed by atoms with Crippen LogP contribution in [0.2, 0.25) is 5.02 Å². The summed E-state index contributed by atoms with van der Waals surface area (Å²) in [6.45, 7) is 0. The van der Waals surface area contributed by atoms with Gasteiger partial charge >= 0.3 is 0 Å². The number of aromatic nitrogens is 2. The van der Waals surface area contributed by atoms with E-state index in [9.17, 15) is 0 Å². The Morgan fingerprint density at radius 1 is 1.50 bits per heavy atom. The average molecular weight is 183 g/mol. The van der Waals surface area contributed by atoms with Gasteiger partial charge in [-0.25, -0.2) is 4.98 Å². The van der Waals surface area contributed by atoms with Gasteiger partial charge in [0.05, 0.1) is 5.52 Å². The Balaban J connectivity index is 2.73. The highest BCUT2D eigenvalue weighted by molar-refractivity contribution is 6.31. The van der Waals surface area contributed by atoms with Crippen molar-refractivity contribution in [2.75, 3.05) is 7.11 Å². The van der Waals surface area contributed by atoms with E-state index in [1.807, 2.05) is 6.07 Å². The predicted octanol–water partition coefficient (Wildman–Crippen LogP) is 1.75. The molecule has 1 aromatic carbocycles. The highest BCUT2D eigenvalue weighted by atomic mass is 35.5. The highest BCUT2D eigenvalue weighted by Crippen LogP contribution is 2.16. The van der Waals surface area contributed by atoms with Crippen molar-refractivity contribution in [3.63, 3.8) is 0 Å². The van der Waals surface area contributed by atoms with Crippen LogP contribution >= 0.6 is 11.6 Å². The third-order valence-corrected chi connectivity index (χ3v) is 1.91. The van der Waals surface area contributed by atoms with Crippen molar-refractivity contribution in [2.24, 2.45) is 0 Å². The highest BCUT2D eigenvalue weighted by Gasteiger charge is 2.01. The van der Waals surface area contributed by atoms with E-state index in [0.717, 1.165) is 11.0 Å². The Morgan fingerprint density at radius 3 is 3.08 bits per heavy atom. The van der Waals surface area contributed by atoms with Crippen LogP contribution in [0.1, 0.15) is 0 Å². The molecule has 0 aliphatic carbocycles. The van der Waals surface area contributed by atoms with Crippen LogP contribution in [0.5, 0.6) is 0 Å². The van der Waals surface area contributed by atoms with Gasteiger partial charge in [-0.05, 0) is 18.2 Å². The molecule has 0 spiro atoms. The molecule has 3 nitrogen and oxygen atoms in total. The molecule has 0 saturated carbocycles. The maximum Gasteiger partial charge on any atom is 0.133 e. The lowest BCUT2D eigenvalue weighted by molar-refractivity contribution is 0.177. The molecule has 0 amide bonds. The van der Waals surface area contributed by atoms with Crippen molar-refractivity contribution in [3.8, 4) is 0 Å². The van der Waals surface area contributed by atoms with Crippen LogP contribution in [0.3, 0.4) is 0 Å². The lowest BCUT2D eigenvalue weighted by Crippen LogP contribution is -2.02. The summed E-state index contributed by atoms with van der Waals surface area (Å²) in [5, 5.41) is 0.684. The molecule has 0 radical (unpaired) electrons. The zero-order chi connectivity index (χ0) is 8.55. The first-order valence-corrected chi connectivity index (χ1v) is 3.86. The number of imidazole rings is 1. The molecule has 0 aliphatic rings. The van der Waals surface area contributed by atoms with Crippen molar-refractivity contribution in [1.29, 1.82) is 0 Å². The monoisotopic (exact) mass is 182 g/mol. The minimum absolute atomic E-state index is 0.684. The van der Waals surface area contributed by atoms with Crippen LogP contribution < -0.4 is 4.84 Å². The zero-order valence-corrected chi connectivity index (χ0v) is 7.25. The smallest absolute Gasteiger partial charge is 0.133 e. The summed E-state index contributed by atoms with van der Waals surface area (Å²) in [7, 11) is 1.59. The summed E-state index contributed by atoms with van der Waals surface area (Å²) >= 11 is 5.78. The van der Waals surface area contributed by atoms with Crippen LogP contribution in [0.25, 0.3) is 11.0 Å². The predicted molar refractivity (Wildman–Crippen MR) is 47.2 cm³/mol. The number of benzene rings is 1. The van der Waals surface area contributed by atoms with E-state index in [4.69, 9.17) is 16.4 Å². The van der Waals surface area contributed by atoms with Gasteiger partial charge in [0.15, 0.2) is 0 Å². The van der Waals surface area contributed by atoms with Crippen LogP contribution in [-0.4, -0.2) is 16.8 Å². The summed E-state index contributed by atoms with van der Waals surface area (Å²) in [6.07, 6.45) is 1.61. The van der Waals surface area contributed by atoms with Crippen molar-refractivity contribution < 1.29 is 4.84 Å². The van der Waals surface area contributed by atoms with Crippen molar-refractivity contribution >= 4 is 22.6 Å².